The maximum absolute atomic E-state index is 12.8. The Kier molecular flexibility index (Phi) is 5.67. The van der Waals surface area contributed by atoms with E-state index in [2.05, 4.69) is 16.3 Å². The molecule has 7 heteroatoms. The van der Waals surface area contributed by atoms with Crippen LogP contribution in [-0.2, 0) is 6.42 Å². The van der Waals surface area contributed by atoms with Crippen molar-refractivity contribution in [2.45, 2.75) is 6.42 Å². The van der Waals surface area contributed by atoms with Crippen LogP contribution in [0.3, 0.4) is 0 Å². The van der Waals surface area contributed by atoms with Crippen LogP contribution in [-0.4, -0.2) is 38.8 Å². The first-order valence-electron chi connectivity index (χ1n) is 11.0. The number of ether oxygens (including phenoxy) is 3. The second-order valence-corrected chi connectivity index (χ2v) is 8.00. The molecule has 5 rings (SSSR count). The molecular formula is C27H25N3O4. The Morgan fingerprint density at radius 1 is 0.882 bits per heavy atom. The minimum absolute atomic E-state index is 0.215. The van der Waals surface area contributed by atoms with E-state index in [-0.39, 0.29) is 5.91 Å². The van der Waals surface area contributed by atoms with Gasteiger partial charge in [-0.2, -0.15) is 0 Å². The summed E-state index contributed by atoms with van der Waals surface area (Å²) in [5.74, 6) is 2.71. The number of benzene rings is 3. The van der Waals surface area contributed by atoms with Gasteiger partial charge in [-0.1, -0.05) is 0 Å². The number of aromatic nitrogens is 1. The predicted molar refractivity (Wildman–Crippen MR) is 133 cm³/mol. The fraction of sp³-hybridized carbons (Fsp3) is 0.185. The minimum atomic E-state index is -0.215. The number of carbonyl (C=O) groups excluding carboxylic acids is 1. The number of anilines is 3. The molecule has 0 atom stereocenters. The average molecular weight is 456 g/mol. The van der Waals surface area contributed by atoms with Crippen LogP contribution in [0.1, 0.15) is 15.9 Å². The number of hydrogen-bond acceptors (Lipinski definition) is 6. The molecule has 0 bridgehead atoms. The van der Waals surface area contributed by atoms with Gasteiger partial charge in [-0.15, -0.1) is 0 Å². The summed E-state index contributed by atoms with van der Waals surface area (Å²) in [5.41, 5.74) is 4.24. The zero-order chi connectivity index (χ0) is 23.7. The van der Waals surface area contributed by atoms with Crippen molar-refractivity contribution in [1.29, 1.82) is 0 Å². The van der Waals surface area contributed by atoms with Crippen molar-refractivity contribution in [2.75, 3.05) is 38.1 Å². The molecular weight excluding hydrogens is 430 g/mol. The van der Waals surface area contributed by atoms with Gasteiger partial charge in [-0.25, -0.2) is 4.98 Å². The molecule has 2 heterocycles. The van der Waals surface area contributed by atoms with Crippen LogP contribution in [0.25, 0.3) is 10.9 Å². The summed E-state index contributed by atoms with van der Waals surface area (Å²) in [6, 6.07) is 21.0. The summed E-state index contributed by atoms with van der Waals surface area (Å²) < 4.78 is 15.9. The fourth-order valence-electron chi connectivity index (χ4n) is 4.20. The lowest BCUT2D eigenvalue weighted by Crippen LogP contribution is -2.16. The van der Waals surface area contributed by atoms with E-state index >= 15 is 0 Å². The number of methoxy groups -OCH3 is 3. The Bertz CT molecular complexity index is 1370. The molecule has 0 radical (unpaired) electrons. The third-order valence-corrected chi connectivity index (χ3v) is 6.04. The van der Waals surface area contributed by atoms with Gasteiger partial charge in [0, 0.05) is 35.3 Å². The number of fused-ring (bicyclic) bond motifs is 2. The van der Waals surface area contributed by atoms with Crippen LogP contribution in [0.4, 0.5) is 17.2 Å². The molecule has 0 unspecified atom stereocenters. The van der Waals surface area contributed by atoms with E-state index in [1.54, 1.807) is 39.5 Å². The van der Waals surface area contributed by atoms with Gasteiger partial charge < -0.3 is 24.4 Å². The average Bonchev–Trinajstić information content (AvgIpc) is 3.29. The first kappa shape index (κ1) is 21.6. The molecule has 0 fully saturated rings. The molecule has 1 aliphatic heterocycles. The lowest BCUT2D eigenvalue weighted by Gasteiger charge is -2.19. The maximum atomic E-state index is 12.8. The molecule has 172 valence electrons. The van der Waals surface area contributed by atoms with Gasteiger partial charge in [-0.3, -0.25) is 4.79 Å². The van der Waals surface area contributed by atoms with Crippen molar-refractivity contribution in [1.82, 2.24) is 4.98 Å². The highest BCUT2D eigenvalue weighted by Gasteiger charge is 2.23. The smallest absolute Gasteiger partial charge is 0.255 e. The molecule has 4 aromatic rings. The minimum Gasteiger partial charge on any atom is -0.497 e. The van der Waals surface area contributed by atoms with E-state index in [0.717, 1.165) is 41.1 Å². The summed E-state index contributed by atoms with van der Waals surface area (Å²) in [7, 11) is 4.80. The number of carbonyl (C=O) groups is 1. The fourth-order valence-corrected chi connectivity index (χ4v) is 4.20. The molecule has 0 spiro atoms. The topological polar surface area (TPSA) is 72.9 Å². The van der Waals surface area contributed by atoms with Gasteiger partial charge in [0.15, 0.2) is 0 Å². The maximum Gasteiger partial charge on any atom is 0.255 e. The third kappa shape index (κ3) is 3.96. The normalized spacial score (nSPS) is 12.4. The number of pyridine rings is 1. The second-order valence-electron chi connectivity index (χ2n) is 8.00. The highest BCUT2D eigenvalue weighted by molar-refractivity contribution is 6.05. The van der Waals surface area contributed by atoms with Crippen molar-refractivity contribution in [3.05, 3.63) is 77.9 Å². The Hall–Kier alpha value is -4.26. The monoisotopic (exact) mass is 455 g/mol. The van der Waals surface area contributed by atoms with Crippen LogP contribution < -0.4 is 24.4 Å². The predicted octanol–water partition coefficient (Wildman–Crippen LogP) is 5.21. The summed E-state index contributed by atoms with van der Waals surface area (Å²) >= 11 is 0. The molecule has 0 aliphatic carbocycles. The highest BCUT2D eigenvalue weighted by atomic mass is 16.5. The van der Waals surface area contributed by atoms with E-state index in [9.17, 15) is 4.79 Å². The Balaban J connectivity index is 1.37. The van der Waals surface area contributed by atoms with Crippen LogP contribution in [0, 0.1) is 0 Å². The molecule has 0 saturated carbocycles. The van der Waals surface area contributed by atoms with Gasteiger partial charge in [0.2, 0.25) is 0 Å². The Labute approximate surface area is 197 Å². The van der Waals surface area contributed by atoms with Crippen molar-refractivity contribution in [3.63, 3.8) is 0 Å². The van der Waals surface area contributed by atoms with Crippen molar-refractivity contribution in [2.24, 2.45) is 0 Å². The van der Waals surface area contributed by atoms with Crippen molar-refractivity contribution >= 4 is 34.0 Å². The lowest BCUT2D eigenvalue weighted by atomic mass is 10.1. The largest absolute Gasteiger partial charge is 0.497 e. The molecule has 1 N–H and O–H groups in total. The lowest BCUT2D eigenvalue weighted by molar-refractivity contribution is 0.102. The number of nitrogens with one attached hydrogen (secondary N) is 1. The Morgan fingerprint density at radius 2 is 1.62 bits per heavy atom. The SMILES string of the molecule is COc1ccc(NC(=O)c2ccc(N3CCc4cc5ccc(OC)cc5nc43)cc2)c(OC)c1. The van der Waals surface area contributed by atoms with E-state index in [1.165, 1.54) is 5.56 Å². The molecule has 1 aliphatic rings. The van der Waals surface area contributed by atoms with Crippen molar-refractivity contribution < 1.29 is 19.0 Å². The van der Waals surface area contributed by atoms with Crippen LogP contribution >= 0.6 is 0 Å². The molecule has 3 aromatic carbocycles. The first-order valence-corrected chi connectivity index (χ1v) is 11.0. The molecule has 0 saturated heterocycles. The quantitative estimate of drug-likeness (QED) is 0.430. The van der Waals surface area contributed by atoms with Gasteiger partial charge in [-0.05, 0) is 66.6 Å². The molecule has 1 aromatic heterocycles. The number of rotatable bonds is 6. The van der Waals surface area contributed by atoms with Crippen LogP contribution in [0.5, 0.6) is 17.2 Å². The van der Waals surface area contributed by atoms with Gasteiger partial charge in [0.25, 0.3) is 5.91 Å². The number of nitrogens with zero attached hydrogens (tertiary/aromatic N) is 2. The third-order valence-electron chi connectivity index (χ3n) is 6.04. The van der Waals surface area contributed by atoms with E-state index in [0.29, 0.717) is 22.7 Å². The van der Waals surface area contributed by atoms with Gasteiger partial charge >= 0.3 is 0 Å². The summed E-state index contributed by atoms with van der Waals surface area (Å²) in [6.45, 7) is 0.838. The standard InChI is InChI=1S/C27H25N3O4/c1-32-21-9-6-18-14-19-12-13-30(26(19)28-24(18)15-21)20-7-4-17(5-8-20)27(31)29-23-11-10-22(33-2)16-25(23)34-3/h4-11,14-16H,12-13H2,1-3H3,(H,29,31). The second kappa shape index (κ2) is 8.94. The zero-order valence-electron chi connectivity index (χ0n) is 19.3. The van der Waals surface area contributed by atoms with Gasteiger partial charge in [0.1, 0.15) is 23.1 Å². The Morgan fingerprint density at radius 3 is 2.35 bits per heavy atom. The first-order chi connectivity index (χ1) is 16.6. The van der Waals surface area contributed by atoms with Crippen LogP contribution in [0.2, 0.25) is 0 Å². The van der Waals surface area contributed by atoms with E-state index in [1.807, 2.05) is 42.5 Å². The molecule has 34 heavy (non-hydrogen) atoms. The van der Waals surface area contributed by atoms with E-state index in [4.69, 9.17) is 19.2 Å². The highest BCUT2D eigenvalue weighted by Crippen LogP contribution is 2.36. The summed E-state index contributed by atoms with van der Waals surface area (Å²) in [5, 5.41) is 4.01. The molecule has 1 amide bonds. The summed E-state index contributed by atoms with van der Waals surface area (Å²) in [6.07, 6.45) is 0.920. The van der Waals surface area contributed by atoms with Gasteiger partial charge in [0.05, 0.1) is 32.5 Å². The summed E-state index contributed by atoms with van der Waals surface area (Å²) in [4.78, 5) is 19.9. The van der Waals surface area contributed by atoms with Crippen molar-refractivity contribution in [3.8, 4) is 17.2 Å². The van der Waals surface area contributed by atoms with E-state index < -0.39 is 0 Å². The number of amides is 1. The van der Waals surface area contributed by atoms with Crippen LogP contribution in [0.15, 0.2) is 66.7 Å². The zero-order valence-corrected chi connectivity index (χ0v) is 19.3. The molecule has 7 nitrogen and oxygen atoms in total. The number of hydrogen-bond donors (Lipinski definition) is 1.